The van der Waals surface area contributed by atoms with Crippen LogP contribution >= 0.6 is 0 Å². The third-order valence-corrected chi connectivity index (χ3v) is 2.22. The van der Waals surface area contributed by atoms with Gasteiger partial charge in [0.25, 0.3) is 0 Å². The molecule has 0 aliphatic heterocycles. The largest absolute Gasteiger partial charge is 0.545 e. The fourth-order valence-corrected chi connectivity index (χ4v) is 1.09. The van der Waals surface area contributed by atoms with Crippen molar-refractivity contribution in [3.8, 4) is 12.3 Å². The van der Waals surface area contributed by atoms with Gasteiger partial charge < -0.3 is 15.2 Å². The maximum Gasteiger partial charge on any atom is 0.245 e. The van der Waals surface area contributed by atoms with Crippen molar-refractivity contribution in [3.63, 3.8) is 0 Å². The van der Waals surface area contributed by atoms with E-state index in [4.69, 9.17) is 6.42 Å². The van der Waals surface area contributed by atoms with Crippen LogP contribution in [-0.2, 0) is 9.59 Å². The predicted octanol–water partition coefficient (Wildman–Crippen LogP) is -0.399. The summed E-state index contributed by atoms with van der Waals surface area (Å²) < 4.78 is 0. The van der Waals surface area contributed by atoms with E-state index >= 15 is 0 Å². The standard InChI is InChI=1S/C11H15NO3/c1-4-11(5-2,6-3)12-9(13)7-8-10(14)15/h1,7-8H,5-6H2,2-3H3,(H,12,13)(H,14,15)/p-1. The van der Waals surface area contributed by atoms with Gasteiger partial charge in [-0.05, 0) is 18.9 Å². The zero-order valence-electron chi connectivity index (χ0n) is 8.87. The van der Waals surface area contributed by atoms with Crippen molar-refractivity contribution in [2.75, 3.05) is 0 Å². The van der Waals surface area contributed by atoms with E-state index in [9.17, 15) is 14.7 Å². The molecule has 1 N–H and O–H groups in total. The highest BCUT2D eigenvalue weighted by Gasteiger charge is 2.23. The molecule has 0 saturated heterocycles. The van der Waals surface area contributed by atoms with Gasteiger partial charge in [-0.2, -0.15) is 0 Å². The molecule has 4 nitrogen and oxygen atoms in total. The molecule has 0 aromatic rings. The summed E-state index contributed by atoms with van der Waals surface area (Å²) in [7, 11) is 0. The molecule has 0 aromatic heterocycles. The van der Waals surface area contributed by atoms with E-state index in [1.807, 2.05) is 13.8 Å². The molecule has 1 amide bonds. The first kappa shape index (κ1) is 13.2. The van der Waals surface area contributed by atoms with Gasteiger partial charge in [0.15, 0.2) is 0 Å². The van der Waals surface area contributed by atoms with Crippen LogP contribution in [0.4, 0.5) is 0 Å². The van der Waals surface area contributed by atoms with Crippen LogP contribution in [0.5, 0.6) is 0 Å². The van der Waals surface area contributed by atoms with Gasteiger partial charge in [-0.3, -0.25) is 4.79 Å². The lowest BCUT2D eigenvalue weighted by atomic mass is 9.94. The lowest BCUT2D eigenvalue weighted by Crippen LogP contribution is -2.45. The molecule has 0 heterocycles. The summed E-state index contributed by atoms with van der Waals surface area (Å²) in [5.74, 6) is 0.565. The molecule has 15 heavy (non-hydrogen) atoms. The fraction of sp³-hybridized carbons (Fsp3) is 0.455. The van der Waals surface area contributed by atoms with E-state index in [0.29, 0.717) is 18.9 Å². The first-order valence-corrected chi connectivity index (χ1v) is 4.68. The smallest absolute Gasteiger partial charge is 0.245 e. The second-order valence-corrected chi connectivity index (χ2v) is 3.08. The molecule has 0 spiro atoms. The second kappa shape index (κ2) is 5.86. The SMILES string of the molecule is C#CC(CC)(CC)NC(=O)C=CC(=O)[O-]. The number of hydrogen-bond donors (Lipinski definition) is 1. The van der Waals surface area contributed by atoms with E-state index in [0.717, 1.165) is 6.08 Å². The topological polar surface area (TPSA) is 69.2 Å². The average molecular weight is 208 g/mol. The van der Waals surface area contributed by atoms with E-state index < -0.39 is 17.4 Å². The molecule has 0 fully saturated rings. The van der Waals surface area contributed by atoms with Gasteiger partial charge in [-0.25, -0.2) is 0 Å². The quantitative estimate of drug-likeness (QED) is 0.493. The molecule has 0 aromatic carbocycles. The molecule has 0 bridgehead atoms. The molecular formula is C11H14NO3-. The summed E-state index contributed by atoms with van der Waals surface area (Å²) in [5.41, 5.74) is -0.701. The Morgan fingerprint density at radius 1 is 1.40 bits per heavy atom. The third-order valence-electron chi connectivity index (χ3n) is 2.22. The number of aliphatic carboxylic acids is 1. The van der Waals surface area contributed by atoms with Crippen LogP contribution in [0.3, 0.4) is 0 Å². The van der Waals surface area contributed by atoms with Crippen LogP contribution in [0, 0.1) is 12.3 Å². The Hall–Kier alpha value is -1.76. The molecule has 0 saturated carbocycles. The summed E-state index contributed by atoms with van der Waals surface area (Å²) in [6.45, 7) is 3.71. The van der Waals surface area contributed by atoms with Crippen LogP contribution < -0.4 is 10.4 Å². The number of carboxylic acid groups (broad SMARTS) is 1. The number of hydrogen-bond acceptors (Lipinski definition) is 3. The second-order valence-electron chi connectivity index (χ2n) is 3.08. The maximum atomic E-state index is 11.3. The maximum absolute atomic E-state index is 11.3. The molecule has 0 radical (unpaired) electrons. The zero-order valence-corrected chi connectivity index (χ0v) is 8.87. The molecule has 4 heteroatoms. The minimum absolute atomic E-state index is 0.527. The Labute approximate surface area is 89.4 Å². The lowest BCUT2D eigenvalue weighted by molar-refractivity contribution is -0.297. The molecular weight excluding hydrogens is 194 g/mol. The van der Waals surface area contributed by atoms with E-state index in [2.05, 4.69) is 11.2 Å². The van der Waals surface area contributed by atoms with Gasteiger partial charge in [0.1, 0.15) is 5.54 Å². The number of carbonyl (C=O) groups excluding carboxylic acids is 2. The summed E-state index contributed by atoms with van der Waals surface area (Å²) >= 11 is 0. The number of rotatable bonds is 5. The number of amides is 1. The van der Waals surface area contributed by atoms with Gasteiger partial charge in [-0.15, -0.1) is 6.42 Å². The Balaban J connectivity index is 4.51. The zero-order chi connectivity index (χ0) is 11.9. The minimum atomic E-state index is -1.41. The summed E-state index contributed by atoms with van der Waals surface area (Å²) in [4.78, 5) is 21.3. The molecule has 0 aliphatic carbocycles. The van der Waals surface area contributed by atoms with Gasteiger partial charge in [0.05, 0.1) is 5.97 Å². The molecule has 0 unspecified atom stereocenters. The Morgan fingerprint density at radius 2 is 1.93 bits per heavy atom. The molecule has 0 atom stereocenters. The van der Waals surface area contributed by atoms with Crippen molar-refractivity contribution in [2.45, 2.75) is 32.2 Å². The Bertz CT molecular complexity index is 308. The van der Waals surface area contributed by atoms with Crippen molar-refractivity contribution in [1.82, 2.24) is 5.32 Å². The highest BCUT2D eigenvalue weighted by Crippen LogP contribution is 2.13. The minimum Gasteiger partial charge on any atom is -0.545 e. The molecule has 82 valence electrons. The summed E-state index contributed by atoms with van der Waals surface area (Å²) in [5, 5.41) is 12.6. The monoisotopic (exact) mass is 208 g/mol. The van der Waals surface area contributed by atoms with Crippen LogP contribution in [-0.4, -0.2) is 17.4 Å². The molecule has 0 rings (SSSR count). The first-order chi connectivity index (χ1) is 6.99. The predicted molar refractivity (Wildman–Crippen MR) is 54.4 cm³/mol. The Kier molecular flexibility index (Phi) is 5.18. The van der Waals surface area contributed by atoms with Gasteiger partial charge in [0, 0.05) is 6.08 Å². The van der Waals surface area contributed by atoms with Crippen molar-refractivity contribution in [2.24, 2.45) is 0 Å². The first-order valence-electron chi connectivity index (χ1n) is 4.68. The number of carbonyl (C=O) groups is 2. The van der Waals surface area contributed by atoms with Crippen LogP contribution in [0.25, 0.3) is 0 Å². The Morgan fingerprint density at radius 3 is 2.27 bits per heavy atom. The van der Waals surface area contributed by atoms with Crippen LogP contribution in [0.1, 0.15) is 26.7 Å². The average Bonchev–Trinajstić information content (AvgIpc) is 2.23. The van der Waals surface area contributed by atoms with Gasteiger partial charge >= 0.3 is 0 Å². The van der Waals surface area contributed by atoms with Gasteiger partial charge in [-0.1, -0.05) is 19.8 Å². The van der Waals surface area contributed by atoms with Crippen molar-refractivity contribution in [1.29, 1.82) is 0 Å². The third kappa shape index (κ3) is 4.32. The van der Waals surface area contributed by atoms with Crippen LogP contribution in [0.2, 0.25) is 0 Å². The molecule has 0 aliphatic rings. The highest BCUT2D eigenvalue weighted by atomic mass is 16.4. The van der Waals surface area contributed by atoms with E-state index in [1.165, 1.54) is 0 Å². The fourth-order valence-electron chi connectivity index (χ4n) is 1.09. The lowest BCUT2D eigenvalue weighted by Gasteiger charge is -2.26. The van der Waals surface area contributed by atoms with Crippen LogP contribution in [0.15, 0.2) is 12.2 Å². The number of terminal acetylenes is 1. The number of nitrogens with one attached hydrogen (secondary N) is 1. The highest BCUT2D eigenvalue weighted by molar-refractivity contribution is 5.93. The van der Waals surface area contributed by atoms with Crippen molar-refractivity contribution in [3.05, 3.63) is 12.2 Å². The van der Waals surface area contributed by atoms with Crippen molar-refractivity contribution >= 4 is 11.9 Å². The van der Waals surface area contributed by atoms with E-state index in [1.54, 1.807) is 0 Å². The summed E-state index contributed by atoms with van der Waals surface area (Å²) in [6.07, 6.45) is 8.06. The van der Waals surface area contributed by atoms with E-state index in [-0.39, 0.29) is 0 Å². The van der Waals surface area contributed by atoms with Crippen molar-refractivity contribution < 1.29 is 14.7 Å². The summed E-state index contributed by atoms with van der Waals surface area (Å²) in [6, 6.07) is 0. The number of carboxylic acids is 1. The van der Waals surface area contributed by atoms with Gasteiger partial charge in [0.2, 0.25) is 5.91 Å². The normalized spacial score (nSPS) is 11.0.